The van der Waals surface area contributed by atoms with Gasteiger partial charge in [-0.05, 0) is 44.5 Å². The van der Waals surface area contributed by atoms with Crippen molar-refractivity contribution in [3.63, 3.8) is 0 Å². The molecule has 0 amide bonds. The Morgan fingerprint density at radius 3 is 2.91 bits per heavy atom. The highest BCUT2D eigenvalue weighted by Gasteiger charge is 2.16. The molecule has 3 rings (SSSR count). The van der Waals surface area contributed by atoms with E-state index in [1.54, 1.807) is 12.1 Å². The molecular weight excluding hydrogens is 292 g/mol. The Hall–Kier alpha value is -2.72. The average Bonchev–Trinajstić information content (AvgIpc) is 2.56. The summed E-state index contributed by atoms with van der Waals surface area (Å²) >= 11 is 0. The van der Waals surface area contributed by atoms with Gasteiger partial charge in [-0.2, -0.15) is 5.26 Å². The molecule has 2 aromatic rings. The molecule has 3 N–H and O–H groups in total. The number of nitriles is 1. The van der Waals surface area contributed by atoms with Gasteiger partial charge in [0.15, 0.2) is 0 Å². The second-order valence-corrected chi connectivity index (χ2v) is 5.60. The lowest BCUT2D eigenvalue weighted by molar-refractivity contribution is 0.476. The van der Waals surface area contributed by atoms with E-state index in [0.29, 0.717) is 34.5 Å². The number of aromatic nitrogens is 3. The van der Waals surface area contributed by atoms with Crippen LogP contribution in [-0.4, -0.2) is 39.4 Å². The van der Waals surface area contributed by atoms with Crippen LogP contribution in [0, 0.1) is 18.3 Å². The molecule has 1 aromatic carbocycles. The largest absolute Gasteiger partial charge is 0.507 e. The van der Waals surface area contributed by atoms with Crippen molar-refractivity contribution < 1.29 is 5.11 Å². The average molecular weight is 310 g/mol. The minimum Gasteiger partial charge on any atom is -0.507 e. The quantitative estimate of drug-likeness (QED) is 0.790. The summed E-state index contributed by atoms with van der Waals surface area (Å²) in [4.78, 5) is 4.44. The first-order chi connectivity index (χ1) is 11.2. The maximum Gasteiger partial charge on any atom is 0.243 e. The summed E-state index contributed by atoms with van der Waals surface area (Å²) in [6.07, 6.45) is 2.20. The molecule has 1 aromatic heterocycles. The third kappa shape index (κ3) is 3.38. The summed E-state index contributed by atoms with van der Waals surface area (Å²) in [6.45, 7) is 3.76. The van der Waals surface area contributed by atoms with E-state index in [2.05, 4.69) is 25.8 Å². The Labute approximate surface area is 134 Å². The van der Waals surface area contributed by atoms with Crippen LogP contribution in [0.15, 0.2) is 18.2 Å². The Kier molecular flexibility index (Phi) is 4.35. The third-order valence-electron chi connectivity index (χ3n) is 3.87. The van der Waals surface area contributed by atoms with Crippen molar-refractivity contribution in [1.82, 2.24) is 20.5 Å². The van der Waals surface area contributed by atoms with E-state index in [0.717, 1.165) is 25.9 Å². The lowest BCUT2D eigenvalue weighted by Crippen LogP contribution is -2.38. The monoisotopic (exact) mass is 310 g/mol. The summed E-state index contributed by atoms with van der Waals surface area (Å²) in [7, 11) is 0. The molecule has 0 spiro atoms. The van der Waals surface area contributed by atoms with Gasteiger partial charge >= 0.3 is 0 Å². The number of nitrogens with one attached hydrogen (secondary N) is 2. The summed E-state index contributed by atoms with van der Waals surface area (Å²) in [5.74, 6) is 0.494. The van der Waals surface area contributed by atoms with Gasteiger partial charge in [-0.15, -0.1) is 10.2 Å². The topological polar surface area (TPSA) is 107 Å². The fourth-order valence-corrected chi connectivity index (χ4v) is 2.67. The van der Waals surface area contributed by atoms with E-state index in [-0.39, 0.29) is 5.75 Å². The van der Waals surface area contributed by atoms with Gasteiger partial charge in [0.2, 0.25) is 5.95 Å². The summed E-state index contributed by atoms with van der Waals surface area (Å²) in [6, 6.07) is 7.00. The molecule has 0 radical (unpaired) electrons. The second-order valence-electron chi connectivity index (χ2n) is 5.60. The van der Waals surface area contributed by atoms with Gasteiger partial charge < -0.3 is 15.7 Å². The van der Waals surface area contributed by atoms with Crippen LogP contribution in [0.3, 0.4) is 0 Å². The number of aromatic hydroxyl groups is 1. The highest BCUT2D eigenvalue weighted by atomic mass is 16.3. The van der Waals surface area contributed by atoms with Gasteiger partial charge in [0.1, 0.15) is 11.4 Å². The van der Waals surface area contributed by atoms with Crippen molar-refractivity contribution in [1.29, 1.82) is 5.26 Å². The molecule has 7 nitrogen and oxygen atoms in total. The van der Waals surface area contributed by atoms with Crippen molar-refractivity contribution in [3.8, 4) is 23.1 Å². The van der Waals surface area contributed by atoms with Crippen LogP contribution >= 0.6 is 0 Å². The number of piperidine rings is 1. The smallest absolute Gasteiger partial charge is 0.243 e. The first-order valence-corrected chi connectivity index (χ1v) is 7.59. The van der Waals surface area contributed by atoms with Crippen LogP contribution in [0.5, 0.6) is 5.75 Å². The maximum atomic E-state index is 10.1. The predicted molar refractivity (Wildman–Crippen MR) is 85.9 cm³/mol. The molecule has 0 aliphatic carbocycles. The first-order valence-electron chi connectivity index (χ1n) is 7.59. The van der Waals surface area contributed by atoms with E-state index in [1.165, 1.54) is 6.07 Å². The maximum absolute atomic E-state index is 10.1. The molecule has 1 aliphatic rings. The second kappa shape index (κ2) is 6.58. The fraction of sp³-hybridized carbons (Fsp3) is 0.375. The molecule has 0 unspecified atom stereocenters. The zero-order chi connectivity index (χ0) is 16.2. The lowest BCUT2D eigenvalue weighted by Gasteiger charge is -2.23. The molecule has 118 valence electrons. The normalized spacial score (nSPS) is 17.5. The number of rotatable bonds is 3. The van der Waals surface area contributed by atoms with Crippen LogP contribution in [0.25, 0.3) is 11.3 Å². The number of aryl methyl sites for hydroxylation is 1. The van der Waals surface area contributed by atoms with Crippen LogP contribution in [-0.2, 0) is 0 Å². The third-order valence-corrected chi connectivity index (χ3v) is 3.87. The molecule has 1 aliphatic heterocycles. The lowest BCUT2D eigenvalue weighted by atomic mass is 10.1. The van der Waals surface area contributed by atoms with Crippen LogP contribution in [0.2, 0.25) is 0 Å². The Bertz CT molecular complexity index is 749. The number of nitrogens with zero attached hydrogens (tertiary/aromatic N) is 4. The summed E-state index contributed by atoms with van der Waals surface area (Å²) in [5.41, 5.74) is 2.10. The molecule has 1 atom stereocenters. The minimum absolute atomic E-state index is 0.000407. The number of phenols is 1. The molecule has 1 saturated heterocycles. The highest BCUT2D eigenvalue weighted by Crippen LogP contribution is 2.29. The number of benzene rings is 1. The summed E-state index contributed by atoms with van der Waals surface area (Å²) < 4.78 is 0. The number of anilines is 1. The van der Waals surface area contributed by atoms with Crippen molar-refractivity contribution in [2.75, 3.05) is 18.4 Å². The first kappa shape index (κ1) is 15.2. The van der Waals surface area contributed by atoms with E-state index in [4.69, 9.17) is 5.26 Å². The summed E-state index contributed by atoms with van der Waals surface area (Å²) in [5, 5.41) is 33.8. The van der Waals surface area contributed by atoms with Crippen molar-refractivity contribution in [2.24, 2.45) is 0 Å². The van der Waals surface area contributed by atoms with Crippen molar-refractivity contribution in [2.45, 2.75) is 25.8 Å². The van der Waals surface area contributed by atoms with Gasteiger partial charge in [-0.25, -0.2) is 4.98 Å². The number of hydrogen-bond acceptors (Lipinski definition) is 7. The zero-order valence-corrected chi connectivity index (χ0v) is 12.9. The molecule has 0 bridgehead atoms. The van der Waals surface area contributed by atoms with Gasteiger partial charge in [0.05, 0.1) is 17.3 Å². The Balaban J connectivity index is 1.83. The zero-order valence-electron chi connectivity index (χ0n) is 12.9. The highest BCUT2D eigenvalue weighted by molar-refractivity contribution is 5.69. The molecule has 1 fully saturated rings. The van der Waals surface area contributed by atoms with E-state index in [1.807, 2.05) is 13.0 Å². The van der Waals surface area contributed by atoms with E-state index in [9.17, 15) is 5.11 Å². The number of hydrogen-bond donors (Lipinski definition) is 3. The fourth-order valence-electron chi connectivity index (χ4n) is 2.67. The Morgan fingerprint density at radius 2 is 2.26 bits per heavy atom. The van der Waals surface area contributed by atoms with Crippen molar-refractivity contribution in [3.05, 3.63) is 29.5 Å². The van der Waals surface area contributed by atoms with E-state index >= 15 is 0 Å². The SMILES string of the molecule is Cc1nc(N[C@@H]2CCCNC2)nnc1-c1ccc(C#N)cc1O. The van der Waals surface area contributed by atoms with Gasteiger partial charge in [0, 0.05) is 18.2 Å². The standard InChI is InChI=1S/C16H18N6O/c1-10-15(13-5-4-11(8-17)7-14(13)23)21-22-16(19-10)20-12-3-2-6-18-9-12/h4-5,7,12,18,23H,2-3,6,9H2,1H3,(H,19,20,22)/t12-/m1/s1. The molecule has 23 heavy (non-hydrogen) atoms. The van der Waals surface area contributed by atoms with Crippen LogP contribution in [0.1, 0.15) is 24.1 Å². The molecule has 7 heteroatoms. The van der Waals surface area contributed by atoms with Gasteiger partial charge in [-0.3, -0.25) is 0 Å². The van der Waals surface area contributed by atoms with Gasteiger partial charge in [0.25, 0.3) is 0 Å². The number of phenolic OH excluding ortho intramolecular Hbond substituents is 1. The minimum atomic E-state index is 0.000407. The van der Waals surface area contributed by atoms with E-state index < -0.39 is 0 Å². The van der Waals surface area contributed by atoms with Gasteiger partial charge in [-0.1, -0.05) is 0 Å². The molecule has 2 heterocycles. The predicted octanol–water partition coefficient (Wildman–Crippen LogP) is 1.59. The van der Waals surface area contributed by atoms with Crippen LogP contribution in [0.4, 0.5) is 5.95 Å². The van der Waals surface area contributed by atoms with Crippen molar-refractivity contribution >= 4 is 5.95 Å². The van der Waals surface area contributed by atoms with Crippen LogP contribution < -0.4 is 10.6 Å². The Morgan fingerprint density at radius 1 is 1.39 bits per heavy atom. The molecule has 0 saturated carbocycles. The molecular formula is C16H18N6O.